The molecule has 0 aromatic rings. The molecule has 0 aromatic carbocycles. The molecule has 0 saturated heterocycles. The van der Waals surface area contributed by atoms with Crippen molar-refractivity contribution in [3.63, 3.8) is 0 Å². The van der Waals surface area contributed by atoms with E-state index in [1.54, 1.807) is 12.2 Å². The lowest BCUT2D eigenvalue weighted by atomic mass is 10.1. The van der Waals surface area contributed by atoms with Gasteiger partial charge < -0.3 is 33.8 Å². The zero-order valence-electron chi connectivity index (χ0n) is 60.4. The summed E-state index contributed by atoms with van der Waals surface area (Å²) in [5.74, 6) is -2.43. The monoisotopic (exact) mass is 1410 g/mol. The van der Waals surface area contributed by atoms with Gasteiger partial charge in [-0.2, -0.15) is 0 Å². The SMILES string of the molecule is CC/C=C\C/C=C\C/C=C\C/C=C\C/C=C\CCCC(=O)OCC(COP(=O)(O)OCC(O)COP(=O)(O)OCC(COC(=O)CCCCCCC/C=C\C/C=C\CCC)OC(=O)CCCCCCC/C=C\CCCCCC)OC(=O)C/C=C\C/C=C\C/C=C\C/C=C\C/C=C\CC. The van der Waals surface area contributed by atoms with Crippen molar-refractivity contribution in [2.45, 2.75) is 277 Å². The Kier molecular flexibility index (Phi) is 66.3. The molecular weight excluding hydrogens is 1280 g/mol. The third kappa shape index (κ3) is 69.2. The van der Waals surface area contributed by atoms with Crippen molar-refractivity contribution >= 4 is 39.5 Å². The van der Waals surface area contributed by atoms with Crippen LogP contribution in [0, 0.1) is 0 Å². The molecule has 0 aliphatic carbocycles. The Hall–Kier alpha value is -5.32. The highest BCUT2D eigenvalue weighted by Crippen LogP contribution is 2.45. The van der Waals surface area contributed by atoms with Crippen LogP contribution in [-0.4, -0.2) is 96.7 Å². The smallest absolute Gasteiger partial charge is 0.462 e. The van der Waals surface area contributed by atoms with Crippen LogP contribution in [0.3, 0.4) is 0 Å². The first kappa shape index (κ1) is 92.7. The van der Waals surface area contributed by atoms with E-state index >= 15 is 0 Å². The number of aliphatic hydroxyl groups excluding tert-OH is 1. The van der Waals surface area contributed by atoms with Crippen LogP contribution in [-0.2, 0) is 65.4 Å². The molecule has 17 nitrogen and oxygen atoms in total. The largest absolute Gasteiger partial charge is 0.472 e. The van der Waals surface area contributed by atoms with Gasteiger partial charge in [0.2, 0.25) is 0 Å². The lowest BCUT2D eigenvalue weighted by Gasteiger charge is -2.21. The third-order valence-electron chi connectivity index (χ3n) is 14.5. The first-order valence-electron chi connectivity index (χ1n) is 36.7. The van der Waals surface area contributed by atoms with Crippen molar-refractivity contribution in [2.75, 3.05) is 39.6 Å². The van der Waals surface area contributed by atoms with Gasteiger partial charge in [0.25, 0.3) is 0 Å². The molecule has 0 aromatic heterocycles. The number of phosphoric acid groups is 2. The van der Waals surface area contributed by atoms with E-state index in [0.717, 1.165) is 148 Å². The van der Waals surface area contributed by atoms with Gasteiger partial charge in [-0.05, 0) is 141 Å². The second-order valence-corrected chi connectivity index (χ2v) is 26.7. The Morgan fingerprint density at radius 3 is 1.00 bits per heavy atom. The van der Waals surface area contributed by atoms with Gasteiger partial charge in [0.05, 0.1) is 32.8 Å². The molecule has 0 saturated carbocycles. The fourth-order valence-electron chi connectivity index (χ4n) is 8.95. The second-order valence-electron chi connectivity index (χ2n) is 23.8. The van der Waals surface area contributed by atoms with Gasteiger partial charge in [0.1, 0.15) is 19.3 Å². The molecule has 0 bridgehead atoms. The minimum Gasteiger partial charge on any atom is -0.462 e. The molecule has 5 atom stereocenters. The highest BCUT2D eigenvalue weighted by molar-refractivity contribution is 7.47. The van der Waals surface area contributed by atoms with Crippen molar-refractivity contribution < 1.29 is 80.2 Å². The molecule has 0 rings (SSSR count). The zero-order valence-corrected chi connectivity index (χ0v) is 62.2. The molecule has 0 fully saturated rings. The fourth-order valence-corrected chi connectivity index (χ4v) is 10.5. The number of allylic oxidation sites excluding steroid dienone is 25. The summed E-state index contributed by atoms with van der Waals surface area (Å²) in [5.41, 5.74) is 0. The van der Waals surface area contributed by atoms with Crippen LogP contribution in [0.4, 0.5) is 0 Å². The Morgan fingerprint density at radius 1 is 0.306 bits per heavy atom. The normalized spacial score (nSPS) is 14.9. The summed E-state index contributed by atoms with van der Waals surface area (Å²) in [4.78, 5) is 72.6. The Balaban J connectivity index is 5.50. The van der Waals surface area contributed by atoms with Crippen LogP contribution in [0.25, 0.3) is 0 Å². The average molecular weight is 1410 g/mol. The summed E-state index contributed by atoms with van der Waals surface area (Å²) in [7, 11) is -10.0. The van der Waals surface area contributed by atoms with Crippen molar-refractivity contribution in [1.29, 1.82) is 0 Å². The number of ether oxygens (including phenoxy) is 4. The fraction of sp³-hybridized carbons (Fsp3) is 0.620. The predicted molar refractivity (Wildman–Crippen MR) is 399 cm³/mol. The molecule has 0 heterocycles. The van der Waals surface area contributed by atoms with Gasteiger partial charge in [0.15, 0.2) is 12.2 Å². The van der Waals surface area contributed by atoms with E-state index in [1.165, 1.54) is 25.7 Å². The molecule has 0 amide bonds. The van der Waals surface area contributed by atoms with Gasteiger partial charge in [-0.3, -0.25) is 37.3 Å². The van der Waals surface area contributed by atoms with E-state index in [0.29, 0.717) is 32.1 Å². The van der Waals surface area contributed by atoms with E-state index in [4.69, 9.17) is 37.0 Å². The van der Waals surface area contributed by atoms with Crippen LogP contribution in [0.2, 0.25) is 0 Å². The average Bonchev–Trinajstić information content (AvgIpc) is 1.05. The van der Waals surface area contributed by atoms with Crippen LogP contribution in [0.15, 0.2) is 158 Å². The summed E-state index contributed by atoms with van der Waals surface area (Å²) in [6, 6.07) is 0. The summed E-state index contributed by atoms with van der Waals surface area (Å²) < 4.78 is 68.1. The number of rotatable bonds is 67. The van der Waals surface area contributed by atoms with E-state index in [9.17, 15) is 43.2 Å². The predicted octanol–water partition coefficient (Wildman–Crippen LogP) is 20.9. The van der Waals surface area contributed by atoms with E-state index in [1.807, 2.05) is 24.3 Å². The maximum absolute atomic E-state index is 13.0. The molecule has 0 aliphatic heterocycles. The summed E-state index contributed by atoms with van der Waals surface area (Å²) in [6.07, 6.45) is 80.0. The first-order chi connectivity index (χ1) is 47.7. The van der Waals surface area contributed by atoms with Gasteiger partial charge in [-0.1, -0.05) is 250 Å². The van der Waals surface area contributed by atoms with Crippen molar-refractivity contribution in [3.05, 3.63) is 158 Å². The molecule has 0 radical (unpaired) electrons. The van der Waals surface area contributed by atoms with Gasteiger partial charge in [0, 0.05) is 19.3 Å². The lowest BCUT2D eigenvalue weighted by molar-refractivity contribution is -0.161. The number of aliphatic hydroxyl groups is 1. The third-order valence-corrected chi connectivity index (χ3v) is 16.4. The summed E-state index contributed by atoms with van der Waals surface area (Å²) in [6.45, 7) is 4.32. The number of carbonyl (C=O) groups excluding carboxylic acids is 4. The van der Waals surface area contributed by atoms with Crippen LogP contribution >= 0.6 is 15.6 Å². The van der Waals surface area contributed by atoms with Crippen molar-refractivity contribution in [3.8, 4) is 0 Å². The van der Waals surface area contributed by atoms with E-state index in [2.05, 4.69) is 149 Å². The Bertz CT molecular complexity index is 2480. The number of esters is 4. The van der Waals surface area contributed by atoms with Crippen molar-refractivity contribution in [1.82, 2.24) is 0 Å². The number of carbonyl (C=O) groups is 4. The van der Waals surface area contributed by atoms with Crippen LogP contribution < -0.4 is 0 Å². The van der Waals surface area contributed by atoms with E-state index < -0.39 is 97.5 Å². The molecular formula is C79H128O17P2. The summed E-state index contributed by atoms with van der Waals surface area (Å²) >= 11 is 0. The molecule has 556 valence electrons. The first-order valence-corrected chi connectivity index (χ1v) is 39.7. The van der Waals surface area contributed by atoms with Crippen LogP contribution in [0.1, 0.15) is 259 Å². The second kappa shape index (κ2) is 70.1. The molecule has 0 spiro atoms. The number of unbranched alkanes of at least 4 members (excludes halogenated alkanes) is 16. The number of phosphoric ester groups is 2. The summed E-state index contributed by atoms with van der Waals surface area (Å²) in [5, 5.41) is 10.6. The lowest BCUT2D eigenvalue weighted by Crippen LogP contribution is -2.30. The van der Waals surface area contributed by atoms with Gasteiger partial charge >= 0.3 is 39.5 Å². The topological polar surface area (TPSA) is 237 Å². The minimum absolute atomic E-state index is 0.0578. The van der Waals surface area contributed by atoms with Gasteiger partial charge in [-0.15, -0.1) is 0 Å². The Labute approximate surface area is 591 Å². The highest BCUT2D eigenvalue weighted by Gasteiger charge is 2.30. The maximum Gasteiger partial charge on any atom is 0.472 e. The zero-order chi connectivity index (χ0) is 71.8. The molecule has 98 heavy (non-hydrogen) atoms. The van der Waals surface area contributed by atoms with Crippen molar-refractivity contribution in [2.24, 2.45) is 0 Å². The standard InChI is InChI=1S/C79H128O17P2/c1-5-9-13-17-21-25-29-33-35-36-38-41-44-48-52-56-60-64-77(82)90-70-75(96-79(84)66-62-58-54-50-46-42-37-34-30-26-22-18-14-10-6-2)72-94-98(87,88)92-68-73(80)67-91-97(85,86)93-71-74(95-78(83)65-61-57-53-49-45-40-32-28-24-20-16-12-8-4)69-89-76(81)63-59-55-51-47-43-39-31-27-23-19-15-11-7-3/h9-10,13-15,19,21-22,25-28,31-35,37-38,41,46,48,50,52,58,62,73-75,80H,5-8,11-12,16-18,20,23-24,29-30,36,39-40,42-45,47,49,51,53-57,59-61,63-72H2,1-4H3,(H,85,86)(H,87,88)/b13-9-,14-10-,19-15-,25-21-,26-22-,31-27-,32-28-,35-33-,37-34-,41-38-,50-46-,52-48-,62-58-. The van der Waals surface area contributed by atoms with Crippen LogP contribution in [0.5, 0.6) is 0 Å². The highest BCUT2D eigenvalue weighted by atomic mass is 31.2. The van der Waals surface area contributed by atoms with E-state index in [-0.39, 0.29) is 25.7 Å². The number of hydrogen-bond acceptors (Lipinski definition) is 15. The Morgan fingerprint density at radius 2 is 0.602 bits per heavy atom. The number of hydrogen-bond donors (Lipinski definition) is 3. The molecule has 5 unspecified atom stereocenters. The quantitative estimate of drug-likeness (QED) is 0.0169. The maximum atomic E-state index is 13.0. The minimum atomic E-state index is -5.02. The van der Waals surface area contributed by atoms with Gasteiger partial charge in [-0.25, -0.2) is 9.13 Å². The molecule has 0 aliphatic rings. The molecule has 19 heteroatoms. The molecule has 3 N–H and O–H groups in total.